The summed E-state index contributed by atoms with van der Waals surface area (Å²) >= 11 is 0. The maximum absolute atomic E-state index is 7.26. The summed E-state index contributed by atoms with van der Waals surface area (Å²) in [6.45, 7) is 26.2. The van der Waals surface area contributed by atoms with E-state index in [0.29, 0.717) is 0 Å². The molecule has 0 aliphatic heterocycles. The van der Waals surface area contributed by atoms with Crippen LogP contribution in [0.5, 0.6) is 0 Å². The summed E-state index contributed by atoms with van der Waals surface area (Å²) in [7, 11) is -3.67. The van der Waals surface area contributed by atoms with E-state index in [1.807, 2.05) is 0 Å². The number of allylic oxidation sites excluding steroid dienone is 6. The van der Waals surface area contributed by atoms with Gasteiger partial charge in [0.25, 0.3) is 0 Å². The standard InChI is InChI=1S/C24H42OSi2/c1-22(2,3)19-16-17-24(25-26(7,8)9,21(18-19)23(4,5)6)27(10,11)20-14-12-13-15-20/h12,14-16,18H,13,17H2,1-11H3. The molecule has 0 aromatic carbocycles. The van der Waals surface area contributed by atoms with Crippen molar-refractivity contribution < 1.29 is 4.43 Å². The summed E-state index contributed by atoms with van der Waals surface area (Å²) in [5.74, 6) is 0. The van der Waals surface area contributed by atoms with Gasteiger partial charge in [0, 0.05) is 0 Å². The Hall–Kier alpha value is -0.646. The molecule has 0 fully saturated rings. The van der Waals surface area contributed by atoms with Gasteiger partial charge in [0.05, 0.1) is 5.22 Å². The molecule has 3 heteroatoms. The predicted molar refractivity (Wildman–Crippen MR) is 126 cm³/mol. The van der Waals surface area contributed by atoms with Crippen LogP contribution in [0.4, 0.5) is 0 Å². The smallest absolute Gasteiger partial charge is 0.184 e. The van der Waals surface area contributed by atoms with Crippen molar-refractivity contribution in [3.63, 3.8) is 0 Å². The molecule has 27 heavy (non-hydrogen) atoms. The fraction of sp³-hybridized carbons (Fsp3) is 0.667. The highest BCUT2D eigenvalue weighted by atomic mass is 28.4. The largest absolute Gasteiger partial charge is 0.411 e. The van der Waals surface area contributed by atoms with E-state index in [2.05, 4.69) is 105 Å². The minimum atomic E-state index is -1.92. The highest BCUT2D eigenvalue weighted by Crippen LogP contribution is 2.52. The third-order valence-electron chi connectivity index (χ3n) is 6.00. The molecule has 2 aliphatic rings. The van der Waals surface area contributed by atoms with Gasteiger partial charge in [0.15, 0.2) is 8.32 Å². The van der Waals surface area contributed by atoms with Crippen LogP contribution >= 0.6 is 0 Å². The summed E-state index contributed by atoms with van der Waals surface area (Å²) in [5, 5.41) is 1.40. The Morgan fingerprint density at radius 3 is 1.89 bits per heavy atom. The molecule has 0 saturated heterocycles. The summed E-state index contributed by atoms with van der Waals surface area (Å²) in [6.07, 6.45) is 14.2. The van der Waals surface area contributed by atoms with E-state index >= 15 is 0 Å². The topological polar surface area (TPSA) is 9.23 Å². The Kier molecular flexibility index (Phi) is 5.87. The first-order chi connectivity index (χ1) is 12.0. The molecule has 0 heterocycles. The van der Waals surface area contributed by atoms with Crippen LogP contribution in [0, 0.1) is 10.8 Å². The summed E-state index contributed by atoms with van der Waals surface area (Å²) in [5.41, 5.74) is 3.23. The zero-order valence-corrected chi connectivity index (χ0v) is 21.7. The van der Waals surface area contributed by atoms with Gasteiger partial charge in [0.2, 0.25) is 0 Å². The molecule has 2 rings (SSSR count). The molecule has 0 saturated carbocycles. The van der Waals surface area contributed by atoms with Crippen molar-refractivity contribution >= 4 is 16.4 Å². The Balaban J connectivity index is 2.74. The van der Waals surface area contributed by atoms with Crippen LogP contribution in [0.3, 0.4) is 0 Å². The van der Waals surface area contributed by atoms with Crippen molar-refractivity contribution in [3.05, 3.63) is 46.7 Å². The Labute approximate surface area is 170 Å². The third-order valence-corrected chi connectivity index (χ3v) is 11.6. The van der Waals surface area contributed by atoms with Crippen LogP contribution in [-0.4, -0.2) is 21.6 Å². The second kappa shape index (κ2) is 7.00. The number of hydrogen-bond donors (Lipinski definition) is 0. The molecule has 0 radical (unpaired) electrons. The highest BCUT2D eigenvalue weighted by molar-refractivity contribution is 6.89. The normalized spacial score (nSPS) is 24.6. The average Bonchev–Trinajstić information content (AvgIpc) is 2.97. The molecule has 0 spiro atoms. The molecule has 1 atom stereocenters. The lowest BCUT2D eigenvalue weighted by Crippen LogP contribution is -2.64. The summed E-state index contributed by atoms with van der Waals surface area (Å²) < 4.78 is 7.26. The maximum atomic E-state index is 7.26. The van der Waals surface area contributed by atoms with Gasteiger partial charge in [-0.3, -0.25) is 0 Å². The quantitative estimate of drug-likeness (QED) is 0.440. The van der Waals surface area contributed by atoms with E-state index in [-0.39, 0.29) is 16.1 Å². The lowest BCUT2D eigenvalue weighted by molar-refractivity contribution is 0.149. The second-order valence-corrected chi connectivity index (χ2v) is 20.9. The molecule has 1 nitrogen and oxygen atoms in total. The van der Waals surface area contributed by atoms with Gasteiger partial charge in [-0.1, -0.05) is 90.2 Å². The zero-order chi connectivity index (χ0) is 20.9. The molecule has 152 valence electrons. The van der Waals surface area contributed by atoms with E-state index in [9.17, 15) is 0 Å². The number of rotatable bonds is 4. The van der Waals surface area contributed by atoms with Crippen molar-refractivity contribution in [1.29, 1.82) is 0 Å². The summed E-state index contributed by atoms with van der Waals surface area (Å²) in [4.78, 5) is 0. The van der Waals surface area contributed by atoms with Crippen molar-refractivity contribution in [2.24, 2.45) is 10.8 Å². The molecule has 0 aromatic rings. The van der Waals surface area contributed by atoms with Crippen molar-refractivity contribution in [2.75, 3.05) is 0 Å². The second-order valence-electron chi connectivity index (χ2n) is 11.9. The Morgan fingerprint density at radius 1 is 0.889 bits per heavy atom. The minimum Gasteiger partial charge on any atom is -0.411 e. The van der Waals surface area contributed by atoms with Crippen molar-refractivity contribution in [1.82, 2.24) is 0 Å². The van der Waals surface area contributed by atoms with Crippen LogP contribution in [0.2, 0.25) is 32.7 Å². The van der Waals surface area contributed by atoms with Crippen LogP contribution in [-0.2, 0) is 4.43 Å². The lowest BCUT2D eigenvalue weighted by atomic mass is 9.74. The third kappa shape index (κ3) is 4.51. The molecule has 0 bridgehead atoms. The van der Waals surface area contributed by atoms with Gasteiger partial charge in [-0.25, -0.2) is 0 Å². The molecule has 2 aliphatic carbocycles. The lowest BCUT2D eigenvalue weighted by Gasteiger charge is -2.55. The van der Waals surface area contributed by atoms with Gasteiger partial charge in [0.1, 0.15) is 8.07 Å². The Bertz CT molecular complexity index is 700. The predicted octanol–water partition coefficient (Wildman–Crippen LogP) is 7.60. The zero-order valence-electron chi connectivity index (χ0n) is 19.7. The van der Waals surface area contributed by atoms with E-state index in [1.54, 1.807) is 5.20 Å². The highest BCUT2D eigenvalue weighted by Gasteiger charge is 2.56. The van der Waals surface area contributed by atoms with Crippen LogP contribution in [0.15, 0.2) is 46.7 Å². The van der Waals surface area contributed by atoms with E-state index in [4.69, 9.17) is 4.43 Å². The number of hydrogen-bond acceptors (Lipinski definition) is 1. The summed E-state index contributed by atoms with van der Waals surface area (Å²) in [6, 6.07) is 0. The van der Waals surface area contributed by atoms with Gasteiger partial charge in [-0.05, 0) is 54.5 Å². The van der Waals surface area contributed by atoms with Gasteiger partial charge < -0.3 is 4.43 Å². The first-order valence-corrected chi connectivity index (χ1v) is 16.9. The van der Waals surface area contributed by atoms with E-state index < -0.39 is 16.4 Å². The van der Waals surface area contributed by atoms with Gasteiger partial charge >= 0.3 is 0 Å². The molecular weight excluding hydrogens is 360 g/mol. The molecule has 0 N–H and O–H groups in total. The van der Waals surface area contributed by atoms with Crippen LogP contribution in [0.1, 0.15) is 54.4 Å². The van der Waals surface area contributed by atoms with Crippen LogP contribution < -0.4 is 0 Å². The molecular formula is C24H42OSi2. The van der Waals surface area contributed by atoms with Gasteiger partial charge in [-0.2, -0.15) is 0 Å². The first kappa shape index (κ1) is 22.6. The maximum Gasteiger partial charge on any atom is 0.184 e. The molecule has 0 aromatic heterocycles. The Morgan fingerprint density at radius 2 is 1.48 bits per heavy atom. The fourth-order valence-electron chi connectivity index (χ4n) is 4.53. The van der Waals surface area contributed by atoms with Crippen LogP contribution in [0.25, 0.3) is 0 Å². The van der Waals surface area contributed by atoms with Crippen molar-refractivity contribution in [3.8, 4) is 0 Å². The van der Waals surface area contributed by atoms with Gasteiger partial charge in [-0.15, -0.1) is 0 Å². The SMILES string of the molecule is CC(C)(C)C1=CCC(O[Si](C)(C)C)([Si](C)(C)C2=CCC=C2)C(C(C)(C)C)=C1. The average molecular weight is 403 g/mol. The molecule has 1 unspecified atom stereocenters. The monoisotopic (exact) mass is 402 g/mol. The first-order valence-electron chi connectivity index (χ1n) is 10.5. The molecule has 0 amide bonds. The fourth-order valence-corrected chi connectivity index (χ4v) is 11.1. The minimum absolute atomic E-state index is 0.0809. The van der Waals surface area contributed by atoms with E-state index in [1.165, 1.54) is 11.1 Å². The van der Waals surface area contributed by atoms with Crippen molar-refractivity contribution in [2.45, 2.75) is 92.3 Å². The van der Waals surface area contributed by atoms with E-state index in [0.717, 1.165) is 12.8 Å².